The topological polar surface area (TPSA) is 46.5 Å². The first-order valence-electron chi connectivity index (χ1n) is 4.14. The first-order valence-corrected chi connectivity index (χ1v) is 4.14. The lowest BCUT2D eigenvalue weighted by molar-refractivity contribution is -0.126. The van der Waals surface area contributed by atoms with E-state index < -0.39 is 12.2 Å². The molecule has 0 spiro atoms. The molecule has 0 aliphatic carbocycles. The van der Waals surface area contributed by atoms with E-state index in [-0.39, 0.29) is 5.78 Å². The Balaban J connectivity index is 2.38. The molecule has 13 heavy (non-hydrogen) atoms. The Kier molecular flexibility index (Phi) is 1.81. The highest BCUT2D eigenvalue weighted by Gasteiger charge is 2.35. The van der Waals surface area contributed by atoms with Crippen LogP contribution in [0.2, 0.25) is 0 Å². The minimum Gasteiger partial charge on any atom is -0.479 e. The van der Waals surface area contributed by atoms with Gasteiger partial charge in [0.1, 0.15) is 11.9 Å². The number of hydrogen-bond acceptors (Lipinski definition) is 3. The first-order chi connectivity index (χ1) is 6.20. The summed E-state index contributed by atoms with van der Waals surface area (Å²) in [5.41, 5.74) is 0.697. The first kappa shape index (κ1) is 8.26. The third kappa shape index (κ3) is 1.21. The van der Waals surface area contributed by atoms with E-state index in [1.807, 2.05) is 12.1 Å². The van der Waals surface area contributed by atoms with E-state index in [0.717, 1.165) is 0 Å². The lowest BCUT2D eigenvalue weighted by Crippen LogP contribution is -2.26. The quantitative estimate of drug-likeness (QED) is 0.699. The number of para-hydroxylation sites is 1. The second-order valence-electron chi connectivity index (χ2n) is 3.13. The molecule has 0 amide bonds. The molecule has 2 atom stereocenters. The second kappa shape index (κ2) is 2.85. The summed E-state index contributed by atoms with van der Waals surface area (Å²) in [6.45, 7) is 1.42. The van der Waals surface area contributed by atoms with Gasteiger partial charge in [-0.3, -0.25) is 4.79 Å². The van der Waals surface area contributed by atoms with E-state index in [0.29, 0.717) is 11.3 Å². The van der Waals surface area contributed by atoms with Crippen molar-refractivity contribution in [3.05, 3.63) is 29.8 Å². The number of Topliss-reactive ketones (excluding diaryl/α,β-unsaturated/α-hetero) is 1. The van der Waals surface area contributed by atoms with Crippen molar-refractivity contribution < 1.29 is 14.6 Å². The van der Waals surface area contributed by atoms with Gasteiger partial charge in [0.15, 0.2) is 11.9 Å². The number of rotatable bonds is 1. The van der Waals surface area contributed by atoms with Crippen LogP contribution in [0.25, 0.3) is 0 Å². The van der Waals surface area contributed by atoms with E-state index in [2.05, 4.69) is 0 Å². The molecular weight excluding hydrogens is 168 g/mol. The van der Waals surface area contributed by atoms with Crippen LogP contribution in [0.1, 0.15) is 18.6 Å². The molecule has 0 saturated heterocycles. The number of ether oxygens (including phenoxy) is 1. The molecule has 1 N–H and O–H groups in total. The highest BCUT2D eigenvalue weighted by atomic mass is 16.5. The number of benzene rings is 1. The zero-order chi connectivity index (χ0) is 9.42. The average molecular weight is 178 g/mol. The smallest absolute Gasteiger partial charge is 0.186 e. The number of hydrogen-bond donors (Lipinski definition) is 1. The van der Waals surface area contributed by atoms with Gasteiger partial charge in [0.25, 0.3) is 0 Å². The fraction of sp³-hybridized carbons (Fsp3) is 0.300. The largest absolute Gasteiger partial charge is 0.479 e. The molecule has 0 unspecified atom stereocenters. The van der Waals surface area contributed by atoms with Crippen LogP contribution in [-0.2, 0) is 4.79 Å². The van der Waals surface area contributed by atoms with Crippen LogP contribution in [0.4, 0.5) is 0 Å². The molecule has 3 nitrogen and oxygen atoms in total. The minimum absolute atomic E-state index is 0.149. The van der Waals surface area contributed by atoms with Gasteiger partial charge in [-0.05, 0) is 13.0 Å². The van der Waals surface area contributed by atoms with Crippen molar-refractivity contribution in [2.75, 3.05) is 0 Å². The maximum atomic E-state index is 11.0. The Morgan fingerprint density at radius 1 is 1.46 bits per heavy atom. The zero-order valence-corrected chi connectivity index (χ0v) is 7.23. The molecule has 0 aromatic heterocycles. The molecule has 1 aromatic rings. The molecule has 0 saturated carbocycles. The predicted molar refractivity (Wildman–Crippen MR) is 46.5 cm³/mol. The molecule has 0 fully saturated rings. The van der Waals surface area contributed by atoms with Crippen molar-refractivity contribution in [1.82, 2.24) is 0 Å². The summed E-state index contributed by atoms with van der Waals surface area (Å²) in [5.74, 6) is 0.457. The molecule has 2 rings (SSSR count). The summed E-state index contributed by atoms with van der Waals surface area (Å²) in [7, 11) is 0. The number of aliphatic hydroxyl groups excluding tert-OH is 1. The fourth-order valence-corrected chi connectivity index (χ4v) is 1.50. The van der Waals surface area contributed by atoms with E-state index in [4.69, 9.17) is 4.74 Å². The van der Waals surface area contributed by atoms with Crippen LogP contribution in [0, 0.1) is 0 Å². The highest BCUT2D eigenvalue weighted by molar-refractivity contribution is 5.82. The van der Waals surface area contributed by atoms with E-state index in [1.165, 1.54) is 6.92 Å². The van der Waals surface area contributed by atoms with Crippen molar-refractivity contribution in [3.63, 3.8) is 0 Å². The summed E-state index contributed by atoms with van der Waals surface area (Å²) in [5, 5.41) is 9.67. The summed E-state index contributed by atoms with van der Waals surface area (Å²) < 4.78 is 5.28. The Labute approximate surface area is 76.0 Å². The van der Waals surface area contributed by atoms with Gasteiger partial charge in [0.05, 0.1) is 0 Å². The van der Waals surface area contributed by atoms with Crippen molar-refractivity contribution in [2.24, 2.45) is 0 Å². The number of carbonyl (C=O) groups excluding carboxylic acids is 1. The third-order valence-corrected chi connectivity index (χ3v) is 2.18. The minimum atomic E-state index is -0.811. The Morgan fingerprint density at radius 3 is 2.77 bits per heavy atom. The highest BCUT2D eigenvalue weighted by Crippen LogP contribution is 2.36. The molecule has 1 aliphatic rings. The Morgan fingerprint density at radius 2 is 2.15 bits per heavy atom. The molecule has 68 valence electrons. The van der Waals surface area contributed by atoms with Crippen molar-refractivity contribution in [1.29, 1.82) is 0 Å². The molecule has 0 bridgehead atoms. The van der Waals surface area contributed by atoms with Gasteiger partial charge in [-0.25, -0.2) is 0 Å². The van der Waals surface area contributed by atoms with Gasteiger partial charge in [0, 0.05) is 5.56 Å². The fourth-order valence-electron chi connectivity index (χ4n) is 1.50. The maximum absolute atomic E-state index is 11.0. The van der Waals surface area contributed by atoms with Crippen LogP contribution in [0.3, 0.4) is 0 Å². The summed E-state index contributed by atoms with van der Waals surface area (Å²) >= 11 is 0. The molecule has 1 aliphatic heterocycles. The summed E-state index contributed by atoms with van der Waals surface area (Å²) in [4.78, 5) is 11.0. The van der Waals surface area contributed by atoms with E-state index in [9.17, 15) is 9.90 Å². The molecule has 1 aromatic carbocycles. The normalized spacial score (nSPS) is 25.1. The van der Waals surface area contributed by atoms with Gasteiger partial charge in [-0.15, -0.1) is 0 Å². The number of carbonyl (C=O) groups is 1. The monoisotopic (exact) mass is 178 g/mol. The zero-order valence-electron chi connectivity index (χ0n) is 7.23. The van der Waals surface area contributed by atoms with Crippen LogP contribution < -0.4 is 4.74 Å². The summed E-state index contributed by atoms with van der Waals surface area (Å²) in [6.07, 6.45) is -1.54. The predicted octanol–water partition coefficient (Wildman–Crippen LogP) is 1.07. The average Bonchev–Trinajstić information content (AvgIpc) is 2.45. The van der Waals surface area contributed by atoms with E-state index >= 15 is 0 Å². The molecule has 0 radical (unpaired) electrons. The van der Waals surface area contributed by atoms with Crippen LogP contribution in [-0.4, -0.2) is 17.0 Å². The number of ketones is 1. The van der Waals surface area contributed by atoms with E-state index in [1.54, 1.807) is 12.1 Å². The number of aliphatic hydroxyl groups is 1. The van der Waals surface area contributed by atoms with Crippen molar-refractivity contribution in [3.8, 4) is 5.75 Å². The van der Waals surface area contributed by atoms with Crippen LogP contribution in [0.5, 0.6) is 5.75 Å². The van der Waals surface area contributed by atoms with Crippen molar-refractivity contribution >= 4 is 5.78 Å². The van der Waals surface area contributed by atoms with Crippen molar-refractivity contribution in [2.45, 2.75) is 19.1 Å². The SMILES string of the molecule is CC(=O)[C@H]1Oc2ccccc2[C@H]1O. The molecule has 3 heteroatoms. The molecule has 1 heterocycles. The second-order valence-corrected chi connectivity index (χ2v) is 3.13. The standard InChI is InChI=1S/C10H10O3/c1-6(11)10-9(12)7-4-2-3-5-8(7)13-10/h2-5,9-10,12H,1H3/t9-,10-/m1/s1. The summed E-state index contributed by atoms with van der Waals surface area (Å²) in [6, 6.07) is 7.15. The molecular formula is C10H10O3. The Hall–Kier alpha value is -1.35. The third-order valence-electron chi connectivity index (χ3n) is 2.18. The Bertz CT molecular complexity index is 346. The van der Waals surface area contributed by atoms with Crippen LogP contribution >= 0.6 is 0 Å². The van der Waals surface area contributed by atoms with Gasteiger partial charge < -0.3 is 9.84 Å². The lowest BCUT2D eigenvalue weighted by atomic mass is 10.1. The maximum Gasteiger partial charge on any atom is 0.186 e. The lowest BCUT2D eigenvalue weighted by Gasteiger charge is -2.09. The van der Waals surface area contributed by atoms with Gasteiger partial charge >= 0.3 is 0 Å². The van der Waals surface area contributed by atoms with Gasteiger partial charge in [-0.2, -0.15) is 0 Å². The van der Waals surface area contributed by atoms with Gasteiger partial charge in [0.2, 0.25) is 0 Å². The van der Waals surface area contributed by atoms with Gasteiger partial charge in [-0.1, -0.05) is 18.2 Å². The number of fused-ring (bicyclic) bond motifs is 1. The van der Waals surface area contributed by atoms with Crippen LogP contribution in [0.15, 0.2) is 24.3 Å².